The van der Waals surface area contributed by atoms with Gasteiger partial charge in [0.15, 0.2) is 0 Å². The monoisotopic (exact) mass is 1030 g/mol. The SMILES string of the molecule is [C-]#[N+]c1c(-n2c3ccccc3c3ccccc32)c(C#N)c(-n2c3ccccc3c3ccccc32)c(-n2c3cccc(-c4ccccc4[Si](C)(C)C)c3c3ccc4oc5ccccc5c4c32)c1-n1c2ccccc2c2ccccc21. The summed E-state index contributed by atoms with van der Waals surface area (Å²) in [4.78, 5) is 4.82. The zero-order chi connectivity index (χ0) is 52.8. The Hall–Kier alpha value is -10.4. The van der Waals surface area contributed by atoms with Crippen molar-refractivity contribution in [3.8, 4) is 39.9 Å². The molecule has 11 aromatic carbocycles. The Balaban J connectivity index is 1.26. The Morgan fingerprint density at radius 1 is 0.380 bits per heavy atom. The summed E-state index contributed by atoms with van der Waals surface area (Å²) in [5.74, 6) is 0. The highest BCUT2D eigenvalue weighted by Crippen LogP contribution is 2.53. The van der Waals surface area contributed by atoms with Crippen molar-refractivity contribution in [1.82, 2.24) is 18.3 Å². The van der Waals surface area contributed by atoms with Crippen LogP contribution in [0.3, 0.4) is 0 Å². The predicted molar refractivity (Wildman–Crippen MR) is 330 cm³/mol. The number of furan rings is 1. The number of fused-ring (bicyclic) bond motifs is 16. The average molecular weight is 1030 g/mol. The van der Waals surface area contributed by atoms with Gasteiger partial charge in [-0.05, 0) is 71.8 Å². The fourth-order valence-electron chi connectivity index (χ4n) is 13.4. The fraction of sp³-hybridized carbons (Fsp3) is 0.0423. The zero-order valence-corrected chi connectivity index (χ0v) is 44.5. The van der Waals surface area contributed by atoms with Gasteiger partial charge in [-0.15, -0.1) is 0 Å². The first-order chi connectivity index (χ1) is 38.8. The Bertz CT molecular complexity index is 5090. The molecule has 0 N–H and O–H groups in total. The standard InChI is InChI=1S/C71H46N6OSi/c1-73-66-68(74-54-31-13-5-22-43(54)44-23-6-14-32-55(44)74)53(42-72)69(75-56-33-15-7-24-45(56)46-25-8-16-34-57(46)75)71(70(66)76-58-35-17-9-26-47(58)48-27-10-18-36-59(48)76)77-60-37-21-30-50(49-28-12-20-39-63(49)79(2,3)4)64(60)52-40-41-62-65(67(52)77)51-29-11-19-38-61(51)78-62/h5-41H,2-4H3. The van der Waals surface area contributed by atoms with Gasteiger partial charge in [-0.3, -0.25) is 0 Å². The van der Waals surface area contributed by atoms with Gasteiger partial charge < -0.3 is 22.7 Å². The van der Waals surface area contributed by atoms with Crippen LogP contribution in [0.5, 0.6) is 0 Å². The molecule has 0 amide bonds. The molecule has 8 heteroatoms. The largest absolute Gasteiger partial charge is 0.456 e. The van der Waals surface area contributed by atoms with E-state index in [0.717, 1.165) is 115 Å². The second-order valence-corrected chi connectivity index (χ2v) is 26.8. The lowest BCUT2D eigenvalue weighted by Crippen LogP contribution is -2.38. The van der Waals surface area contributed by atoms with Gasteiger partial charge >= 0.3 is 0 Å². The second-order valence-electron chi connectivity index (χ2n) is 21.7. The van der Waals surface area contributed by atoms with Gasteiger partial charge in [-0.25, -0.2) is 4.85 Å². The van der Waals surface area contributed by atoms with Crippen LogP contribution in [0.4, 0.5) is 5.69 Å². The first-order valence-corrected chi connectivity index (χ1v) is 30.3. The molecule has 0 radical (unpaired) electrons. The maximum Gasteiger partial charge on any atom is 0.237 e. The molecule has 0 aliphatic carbocycles. The topological polar surface area (TPSA) is 61.0 Å². The minimum Gasteiger partial charge on any atom is -0.456 e. The van der Waals surface area contributed by atoms with Crippen molar-refractivity contribution in [2.45, 2.75) is 19.6 Å². The zero-order valence-electron chi connectivity index (χ0n) is 43.5. The van der Waals surface area contributed by atoms with Crippen molar-refractivity contribution in [2.75, 3.05) is 0 Å². The van der Waals surface area contributed by atoms with E-state index >= 15 is 0 Å². The summed E-state index contributed by atoms with van der Waals surface area (Å²) in [7, 11) is -1.93. The number of nitrogens with zero attached hydrogens (tertiary/aromatic N) is 6. The minimum absolute atomic E-state index is 0.341. The average Bonchev–Trinajstić information content (AvgIpc) is 3.73. The highest BCUT2D eigenvalue weighted by molar-refractivity contribution is 6.89. The molecule has 0 aliphatic heterocycles. The molecule has 5 aromatic heterocycles. The number of aromatic nitrogens is 4. The molecule has 0 aliphatic rings. The number of rotatable bonds is 6. The van der Waals surface area contributed by atoms with Crippen LogP contribution in [-0.4, -0.2) is 26.3 Å². The lowest BCUT2D eigenvalue weighted by molar-refractivity contribution is 0.669. The normalized spacial score (nSPS) is 12.2. The maximum atomic E-state index is 12.7. The molecule has 0 atom stereocenters. The summed E-state index contributed by atoms with van der Waals surface area (Å²) in [5.41, 5.74) is 14.4. The quantitative estimate of drug-likeness (QED) is 0.123. The summed E-state index contributed by atoms with van der Waals surface area (Å²) < 4.78 is 16.1. The molecule has 0 saturated heterocycles. The highest BCUT2D eigenvalue weighted by Gasteiger charge is 2.36. The molecule has 16 rings (SSSR count). The van der Waals surface area contributed by atoms with Crippen LogP contribution in [0.2, 0.25) is 19.6 Å². The van der Waals surface area contributed by atoms with Gasteiger partial charge in [-0.1, -0.05) is 189 Å². The fourth-order valence-corrected chi connectivity index (χ4v) is 15.1. The van der Waals surface area contributed by atoms with Crippen LogP contribution in [-0.2, 0) is 0 Å². The van der Waals surface area contributed by atoms with Crippen molar-refractivity contribution in [1.29, 1.82) is 5.26 Å². The Morgan fingerprint density at radius 2 is 0.810 bits per heavy atom. The summed E-state index contributed by atoms with van der Waals surface area (Å²) in [5, 5.41) is 24.4. The second kappa shape index (κ2) is 16.6. The number of hydrogen-bond donors (Lipinski definition) is 0. The van der Waals surface area contributed by atoms with E-state index in [1.165, 1.54) is 10.8 Å². The van der Waals surface area contributed by atoms with E-state index in [1.54, 1.807) is 0 Å². The lowest BCUT2D eigenvalue weighted by atomic mass is 9.98. The molecule has 0 fully saturated rings. The van der Waals surface area contributed by atoms with Gasteiger partial charge in [0, 0.05) is 48.5 Å². The van der Waals surface area contributed by atoms with Crippen molar-refractivity contribution in [3.63, 3.8) is 0 Å². The molecule has 79 heavy (non-hydrogen) atoms. The van der Waals surface area contributed by atoms with Gasteiger partial charge in [0.2, 0.25) is 5.69 Å². The van der Waals surface area contributed by atoms with E-state index < -0.39 is 8.07 Å². The molecule has 0 bridgehead atoms. The summed E-state index contributed by atoms with van der Waals surface area (Å²) >= 11 is 0. The number of benzene rings is 11. The van der Waals surface area contributed by atoms with Crippen LogP contribution in [0.1, 0.15) is 5.56 Å². The molecule has 0 saturated carbocycles. The third-order valence-corrected chi connectivity index (χ3v) is 18.6. The van der Waals surface area contributed by atoms with Crippen LogP contribution >= 0.6 is 0 Å². The summed E-state index contributed by atoms with van der Waals surface area (Å²) in [6.45, 7) is 17.1. The van der Waals surface area contributed by atoms with Crippen LogP contribution < -0.4 is 5.19 Å². The molecule has 16 aromatic rings. The van der Waals surface area contributed by atoms with E-state index in [4.69, 9.17) is 9.26 Å². The summed E-state index contributed by atoms with van der Waals surface area (Å²) in [6, 6.07) is 82.1. The third-order valence-electron chi connectivity index (χ3n) is 16.5. The highest BCUT2D eigenvalue weighted by atomic mass is 28.3. The van der Waals surface area contributed by atoms with Gasteiger partial charge in [0.25, 0.3) is 0 Å². The molecular weight excluding hydrogens is 981 g/mol. The third kappa shape index (κ3) is 6.09. The van der Waals surface area contributed by atoms with Gasteiger partial charge in [0.05, 0.1) is 92.5 Å². The number of hydrogen-bond acceptors (Lipinski definition) is 2. The van der Waals surface area contributed by atoms with Crippen LogP contribution in [0.25, 0.3) is 148 Å². The van der Waals surface area contributed by atoms with Crippen molar-refractivity contribution >= 4 is 128 Å². The molecule has 0 unspecified atom stereocenters. The Morgan fingerprint density at radius 3 is 1.32 bits per heavy atom. The van der Waals surface area contributed by atoms with Gasteiger partial charge in [-0.2, -0.15) is 5.26 Å². The van der Waals surface area contributed by atoms with Crippen molar-refractivity contribution < 1.29 is 4.42 Å². The molecule has 370 valence electrons. The predicted octanol–water partition coefficient (Wildman–Crippen LogP) is 18.6. The first kappa shape index (κ1) is 44.9. The van der Waals surface area contributed by atoms with E-state index in [0.29, 0.717) is 34.0 Å². The number of nitriles is 1. The van der Waals surface area contributed by atoms with E-state index in [1.807, 2.05) is 24.3 Å². The Labute approximate surface area is 454 Å². The van der Waals surface area contributed by atoms with E-state index in [-0.39, 0.29) is 0 Å². The van der Waals surface area contributed by atoms with E-state index in [2.05, 4.69) is 244 Å². The molecule has 7 nitrogen and oxygen atoms in total. The van der Waals surface area contributed by atoms with Crippen molar-refractivity contribution in [3.05, 3.63) is 241 Å². The molecule has 5 heterocycles. The van der Waals surface area contributed by atoms with Crippen molar-refractivity contribution in [2.24, 2.45) is 0 Å². The lowest BCUT2D eigenvalue weighted by Gasteiger charge is -2.27. The molecular formula is C71H46N6OSi. The summed E-state index contributed by atoms with van der Waals surface area (Å²) in [6.07, 6.45) is 0. The maximum absolute atomic E-state index is 12.7. The Kier molecular flexibility index (Phi) is 9.40. The first-order valence-electron chi connectivity index (χ1n) is 26.8. The smallest absolute Gasteiger partial charge is 0.237 e. The van der Waals surface area contributed by atoms with Gasteiger partial charge in [0.1, 0.15) is 17.2 Å². The van der Waals surface area contributed by atoms with Crippen LogP contribution in [0.15, 0.2) is 229 Å². The minimum atomic E-state index is -1.93. The molecule has 0 spiro atoms. The van der Waals surface area contributed by atoms with Crippen LogP contribution in [0, 0.1) is 17.9 Å². The number of para-hydroxylation sites is 7. The van der Waals surface area contributed by atoms with E-state index in [9.17, 15) is 11.8 Å².